The molecule has 9 nitrogen and oxygen atoms in total. The second-order valence-electron chi connectivity index (χ2n) is 4.64. The molecule has 0 bridgehead atoms. The van der Waals surface area contributed by atoms with Gasteiger partial charge in [-0.05, 0) is 18.6 Å². The average Bonchev–Trinajstić information content (AvgIpc) is 2.70. The molecule has 1 aromatic rings. The number of rotatable bonds is 5. The van der Waals surface area contributed by atoms with E-state index in [2.05, 4.69) is 5.32 Å². The van der Waals surface area contributed by atoms with Crippen LogP contribution in [-0.2, 0) is 9.59 Å². The number of nitrogens with zero attached hydrogens (tertiary/aromatic N) is 2. The van der Waals surface area contributed by atoms with E-state index in [9.17, 15) is 24.8 Å². The van der Waals surface area contributed by atoms with Crippen LogP contribution < -0.4 is 5.32 Å². The Balaban J connectivity index is 2.33. The molecule has 0 atom stereocenters. The van der Waals surface area contributed by atoms with Crippen molar-refractivity contribution in [1.82, 2.24) is 4.90 Å². The van der Waals surface area contributed by atoms with E-state index in [1.165, 1.54) is 12.1 Å². The number of anilines is 1. The van der Waals surface area contributed by atoms with Crippen LogP contribution in [0.5, 0.6) is 5.75 Å². The van der Waals surface area contributed by atoms with Crippen LogP contribution in [0, 0.1) is 17.0 Å². The van der Waals surface area contributed by atoms with Crippen LogP contribution in [0.4, 0.5) is 11.4 Å². The Morgan fingerprint density at radius 1 is 1.36 bits per heavy atom. The minimum atomic E-state index is -0.748. The number of aliphatic hydroxyl groups is 1. The highest BCUT2D eigenvalue weighted by Crippen LogP contribution is 2.36. The molecule has 22 heavy (non-hydrogen) atoms. The number of β-amino-alcohol motifs (C(OH)–C–C–N with tert-alkyl or cyclic N) is 1. The molecule has 0 unspecified atom stereocenters. The second-order valence-corrected chi connectivity index (χ2v) is 4.64. The fourth-order valence-electron chi connectivity index (χ4n) is 2.05. The Labute approximate surface area is 124 Å². The zero-order valence-corrected chi connectivity index (χ0v) is 11.6. The number of phenolic OH excluding ortho intramolecular Hbond substituents is 1. The average molecular weight is 307 g/mol. The molecular formula is C13H13N3O6. The summed E-state index contributed by atoms with van der Waals surface area (Å²) in [5.74, 6) is -1.91. The van der Waals surface area contributed by atoms with Gasteiger partial charge in [-0.3, -0.25) is 24.6 Å². The summed E-state index contributed by atoms with van der Waals surface area (Å²) in [5.41, 5.74) is -0.192. The molecule has 1 heterocycles. The highest BCUT2D eigenvalue weighted by molar-refractivity contribution is 6.17. The van der Waals surface area contributed by atoms with Crippen molar-refractivity contribution in [3.8, 4) is 5.75 Å². The molecule has 0 aliphatic carbocycles. The molecule has 9 heteroatoms. The van der Waals surface area contributed by atoms with Gasteiger partial charge in [-0.25, -0.2) is 0 Å². The van der Waals surface area contributed by atoms with Crippen molar-refractivity contribution < 1.29 is 24.7 Å². The number of phenols is 1. The number of carbonyl (C=O) groups is 2. The summed E-state index contributed by atoms with van der Waals surface area (Å²) in [6.07, 6.45) is 1.01. The van der Waals surface area contributed by atoms with Gasteiger partial charge in [0.15, 0.2) is 0 Å². The highest BCUT2D eigenvalue weighted by Gasteiger charge is 2.31. The number of nitro groups is 1. The zero-order chi connectivity index (χ0) is 16.4. The first-order chi connectivity index (χ1) is 10.3. The fourth-order valence-corrected chi connectivity index (χ4v) is 2.05. The van der Waals surface area contributed by atoms with E-state index in [1.807, 2.05) is 0 Å². The lowest BCUT2D eigenvalue weighted by Crippen LogP contribution is -2.34. The third-order valence-corrected chi connectivity index (χ3v) is 3.03. The van der Waals surface area contributed by atoms with E-state index in [-0.39, 0.29) is 24.5 Å². The minimum Gasteiger partial charge on any atom is -0.501 e. The number of nitrogens with one attached hydrogen (secondary N) is 1. The number of aryl methyl sites for hydroxylation is 1. The van der Waals surface area contributed by atoms with Gasteiger partial charge in [-0.2, -0.15) is 0 Å². The summed E-state index contributed by atoms with van der Waals surface area (Å²) >= 11 is 0. The number of aliphatic hydroxyl groups excluding tert-OH is 1. The minimum absolute atomic E-state index is 0.0510. The third kappa shape index (κ3) is 2.74. The molecule has 1 aliphatic rings. The number of aromatic hydroxyl groups is 1. The smallest absolute Gasteiger partial charge is 0.313 e. The van der Waals surface area contributed by atoms with E-state index in [4.69, 9.17) is 5.11 Å². The summed E-state index contributed by atoms with van der Waals surface area (Å²) in [4.78, 5) is 34.5. The van der Waals surface area contributed by atoms with Crippen molar-refractivity contribution in [2.75, 3.05) is 18.5 Å². The second kappa shape index (κ2) is 5.82. The third-order valence-electron chi connectivity index (χ3n) is 3.03. The molecule has 2 amide bonds. The molecule has 0 spiro atoms. The van der Waals surface area contributed by atoms with Crippen molar-refractivity contribution in [1.29, 1.82) is 0 Å². The number of hydrogen-bond acceptors (Lipinski definition) is 7. The first-order valence-electron chi connectivity index (χ1n) is 6.28. The van der Waals surface area contributed by atoms with Crippen LogP contribution in [0.2, 0.25) is 0 Å². The SMILES string of the molecule is Cc1cc(NC2=CC(=O)N(CCO)C2=O)c(O)c([N+](=O)[O-])c1. The molecule has 0 fully saturated rings. The van der Waals surface area contributed by atoms with E-state index < -0.39 is 28.2 Å². The summed E-state index contributed by atoms with van der Waals surface area (Å²) in [6.45, 7) is 1.06. The Bertz CT molecular complexity index is 697. The van der Waals surface area contributed by atoms with Gasteiger partial charge in [0.25, 0.3) is 11.8 Å². The Morgan fingerprint density at radius 2 is 2.05 bits per heavy atom. The number of hydrogen-bond donors (Lipinski definition) is 3. The van der Waals surface area contributed by atoms with Gasteiger partial charge in [-0.15, -0.1) is 0 Å². The first kappa shape index (κ1) is 15.4. The van der Waals surface area contributed by atoms with Gasteiger partial charge in [0.1, 0.15) is 5.70 Å². The van der Waals surface area contributed by atoms with Crippen LogP contribution in [0.15, 0.2) is 23.9 Å². The van der Waals surface area contributed by atoms with Crippen molar-refractivity contribution in [3.05, 3.63) is 39.6 Å². The van der Waals surface area contributed by atoms with Crippen LogP contribution in [-0.4, -0.2) is 45.0 Å². The molecule has 0 saturated heterocycles. The summed E-state index contributed by atoms with van der Waals surface area (Å²) < 4.78 is 0. The van der Waals surface area contributed by atoms with Crippen LogP contribution >= 0.6 is 0 Å². The molecular weight excluding hydrogens is 294 g/mol. The Hall–Kier alpha value is -2.94. The lowest BCUT2D eigenvalue weighted by molar-refractivity contribution is -0.385. The number of benzene rings is 1. The van der Waals surface area contributed by atoms with Crippen LogP contribution in [0.1, 0.15) is 5.56 Å². The van der Waals surface area contributed by atoms with Gasteiger partial charge in [0.05, 0.1) is 23.8 Å². The maximum Gasteiger partial charge on any atom is 0.313 e. The Morgan fingerprint density at radius 3 is 2.64 bits per heavy atom. The zero-order valence-electron chi connectivity index (χ0n) is 11.6. The van der Waals surface area contributed by atoms with Crippen LogP contribution in [0.3, 0.4) is 0 Å². The monoisotopic (exact) mass is 307 g/mol. The maximum atomic E-state index is 12.0. The predicted molar refractivity (Wildman–Crippen MR) is 75.0 cm³/mol. The fraction of sp³-hybridized carbons (Fsp3) is 0.231. The molecule has 0 radical (unpaired) electrons. The lowest BCUT2D eigenvalue weighted by atomic mass is 10.1. The summed E-state index contributed by atoms with van der Waals surface area (Å²) in [7, 11) is 0. The van der Waals surface area contributed by atoms with Crippen molar-refractivity contribution in [3.63, 3.8) is 0 Å². The first-order valence-corrected chi connectivity index (χ1v) is 6.28. The van der Waals surface area contributed by atoms with Gasteiger partial charge in [0, 0.05) is 12.1 Å². The van der Waals surface area contributed by atoms with E-state index in [0.29, 0.717) is 5.56 Å². The molecule has 1 aliphatic heterocycles. The molecule has 1 aromatic carbocycles. The van der Waals surface area contributed by atoms with E-state index in [1.54, 1.807) is 6.92 Å². The topological polar surface area (TPSA) is 133 Å². The normalized spacial score (nSPS) is 14.3. The molecule has 0 saturated carbocycles. The van der Waals surface area contributed by atoms with E-state index >= 15 is 0 Å². The molecule has 0 aromatic heterocycles. The molecule has 116 valence electrons. The molecule has 3 N–H and O–H groups in total. The number of nitro benzene ring substituents is 1. The number of amides is 2. The Kier molecular flexibility index (Phi) is 4.08. The largest absolute Gasteiger partial charge is 0.501 e. The summed E-state index contributed by atoms with van der Waals surface area (Å²) in [6, 6.07) is 2.60. The highest BCUT2D eigenvalue weighted by atomic mass is 16.6. The van der Waals surface area contributed by atoms with Crippen LogP contribution in [0.25, 0.3) is 0 Å². The maximum absolute atomic E-state index is 12.0. The van der Waals surface area contributed by atoms with Crippen molar-refractivity contribution in [2.45, 2.75) is 6.92 Å². The van der Waals surface area contributed by atoms with E-state index in [0.717, 1.165) is 11.0 Å². The predicted octanol–water partition coefficient (Wildman–Crippen LogP) is 0.266. The number of imide groups is 1. The van der Waals surface area contributed by atoms with Gasteiger partial charge in [0.2, 0.25) is 5.75 Å². The quantitative estimate of drug-likeness (QED) is 0.307. The standard InChI is InChI=1S/C13H13N3O6/c1-7-4-8(12(19)10(5-7)16(21)22)14-9-6-11(18)15(2-3-17)13(9)20/h4-6,14,17,19H,2-3H2,1H3. The van der Waals surface area contributed by atoms with Gasteiger partial charge in [-0.1, -0.05) is 0 Å². The summed E-state index contributed by atoms with van der Waals surface area (Å²) in [5, 5.41) is 32.1. The number of carbonyl (C=O) groups excluding carboxylic acids is 2. The van der Waals surface area contributed by atoms with Crippen molar-refractivity contribution >= 4 is 23.2 Å². The lowest BCUT2D eigenvalue weighted by Gasteiger charge is -2.14. The van der Waals surface area contributed by atoms with Gasteiger partial charge < -0.3 is 15.5 Å². The van der Waals surface area contributed by atoms with Crippen molar-refractivity contribution in [2.24, 2.45) is 0 Å². The van der Waals surface area contributed by atoms with Gasteiger partial charge >= 0.3 is 5.69 Å². The molecule has 2 rings (SSSR count).